The van der Waals surface area contributed by atoms with Gasteiger partial charge >= 0.3 is 6.03 Å². The van der Waals surface area contributed by atoms with Crippen LogP contribution in [0.5, 0.6) is 0 Å². The maximum absolute atomic E-state index is 12.7. The standard InChI is InChI=1S/C17H28N6O2.CH2O2/c1-13(23-7-6-18-12-23)10-19-17(24)22(8-9-25-5)11-16-14(2)20-21(4)15(16)3;2-1-3/h6-7,12-13H,8-11H2,1-5H3,(H,19,24);1H,(H,2,3). The molecule has 0 aliphatic carbocycles. The molecule has 10 nitrogen and oxygen atoms in total. The van der Waals surface area contributed by atoms with Crippen LogP contribution >= 0.6 is 0 Å². The van der Waals surface area contributed by atoms with Gasteiger partial charge in [-0.2, -0.15) is 5.10 Å². The van der Waals surface area contributed by atoms with Gasteiger partial charge in [0.25, 0.3) is 6.47 Å². The number of carbonyl (C=O) groups excluding carboxylic acids is 1. The molecule has 0 aliphatic rings. The third kappa shape index (κ3) is 6.69. The summed E-state index contributed by atoms with van der Waals surface area (Å²) < 4.78 is 8.97. The average molecular weight is 394 g/mol. The first-order valence-electron chi connectivity index (χ1n) is 8.91. The molecule has 0 aromatic carbocycles. The molecular formula is C18H30N6O4. The molecule has 0 saturated heterocycles. The van der Waals surface area contributed by atoms with Crippen LogP contribution in [0.4, 0.5) is 4.79 Å². The van der Waals surface area contributed by atoms with E-state index >= 15 is 0 Å². The SMILES string of the molecule is COCCN(Cc1c(C)nn(C)c1C)C(=O)NCC(C)n1ccnc1.O=CO. The minimum absolute atomic E-state index is 0.105. The summed E-state index contributed by atoms with van der Waals surface area (Å²) in [6.45, 7) is 7.83. The van der Waals surface area contributed by atoms with Crippen molar-refractivity contribution < 1.29 is 19.4 Å². The van der Waals surface area contributed by atoms with Gasteiger partial charge in [0.15, 0.2) is 0 Å². The number of aromatic nitrogens is 4. The number of carboxylic acid groups (broad SMARTS) is 1. The van der Waals surface area contributed by atoms with Crippen LogP contribution in [0.2, 0.25) is 0 Å². The Labute approximate surface area is 165 Å². The number of amides is 2. The normalized spacial score (nSPS) is 11.3. The quantitative estimate of drug-likeness (QED) is 0.653. The third-order valence-electron chi connectivity index (χ3n) is 4.44. The number of hydrogen-bond acceptors (Lipinski definition) is 5. The lowest BCUT2D eigenvalue weighted by atomic mass is 10.2. The molecule has 2 aromatic heterocycles. The maximum Gasteiger partial charge on any atom is 0.317 e. The van der Waals surface area contributed by atoms with Crippen molar-refractivity contribution >= 4 is 12.5 Å². The highest BCUT2D eigenvalue weighted by Gasteiger charge is 2.19. The van der Waals surface area contributed by atoms with Crippen molar-refractivity contribution in [2.45, 2.75) is 33.4 Å². The van der Waals surface area contributed by atoms with E-state index in [1.54, 1.807) is 24.5 Å². The highest BCUT2D eigenvalue weighted by Crippen LogP contribution is 2.15. The Morgan fingerprint density at radius 3 is 2.64 bits per heavy atom. The molecule has 2 rings (SSSR count). The smallest absolute Gasteiger partial charge is 0.317 e. The fourth-order valence-corrected chi connectivity index (χ4v) is 2.67. The summed E-state index contributed by atoms with van der Waals surface area (Å²) in [6.07, 6.45) is 5.38. The molecule has 0 spiro atoms. The van der Waals surface area contributed by atoms with E-state index in [1.807, 2.05) is 43.3 Å². The topological polar surface area (TPSA) is 115 Å². The van der Waals surface area contributed by atoms with Crippen molar-refractivity contribution in [1.82, 2.24) is 29.5 Å². The van der Waals surface area contributed by atoms with Crippen molar-refractivity contribution in [3.63, 3.8) is 0 Å². The Morgan fingerprint density at radius 1 is 1.46 bits per heavy atom. The summed E-state index contributed by atoms with van der Waals surface area (Å²) in [4.78, 5) is 26.8. The van der Waals surface area contributed by atoms with Crippen LogP contribution < -0.4 is 5.32 Å². The predicted molar refractivity (Wildman–Crippen MR) is 104 cm³/mol. The number of hydrogen-bond donors (Lipinski definition) is 2. The Bertz CT molecular complexity index is 729. The molecular weight excluding hydrogens is 364 g/mol. The number of nitrogens with one attached hydrogen (secondary N) is 1. The van der Waals surface area contributed by atoms with E-state index in [1.165, 1.54) is 0 Å². The summed E-state index contributed by atoms with van der Waals surface area (Å²) in [5.74, 6) is 0. The second-order valence-electron chi connectivity index (χ2n) is 6.34. The van der Waals surface area contributed by atoms with Crippen molar-refractivity contribution in [3.05, 3.63) is 35.7 Å². The van der Waals surface area contributed by atoms with E-state index < -0.39 is 0 Å². The lowest BCUT2D eigenvalue weighted by Crippen LogP contribution is -2.43. The lowest BCUT2D eigenvalue weighted by Gasteiger charge is -2.24. The van der Waals surface area contributed by atoms with Gasteiger partial charge in [0.05, 0.1) is 25.2 Å². The fourth-order valence-electron chi connectivity index (χ4n) is 2.67. The maximum atomic E-state index is 12.7. The van der Waals surface area contributed by atoms with Crippen LogP contribution in [0.1, 0.15) is 29.9 Å². The first-order valence-corrected chi connectivity index (χ1v) is 8.91. The molecule has 10 heteroatoms. The van der Waals surface area contributed by atoms with Crippen LogP contribution in [0.25, 0.3) is 0 Å². The number of nitrogens with zero attached hydrogens (tertiary/aromatic N) is 5. The van der Waals surface area contributed by atoms with E-state index in [2.05, 4.69) is 15.4 Å². The molecule has 156 valence electrons. The number of aryl methyl sites for hydroxylation is 2. The Hall–Kier alpha value is -2.88. The summed E-state index contributed by atoms with van der Waals surface area (Å²) in [5, 5.41) is 14.3. The minimum Gasteiger partial charge on any atom is -0.483 e. The summed E-state index contributed by atoms with van der Waals surface area (Å²) in [5.41, 5.74) is 3.10. The van der Waals surface area contributed by atoms with Crippen molar-refractivity contribution in [2.75, 3.05) is 26.8 Å². The molecule has 2 aromatic rings. The predicted octanol–water partition coefficient (Wildman–Crippen LogP) is 1.35. The second kappa shape index (κ2) is 11.8. The molecule has 1 atom stereocenters. The molecule has 2 amide bonds. The van der Waals surface area contributed by atoms with Crippen molar-refractivity contribution in [1.29, 1.82) is 0 Å². The number of carbonyl (C=O) groups is 2. The van der Waals surface area contributed by atoms with E-state index in [9.17, 15) is 4.79 Å². The largest absolute Gasteiger partial charge is 0.483 e. The van der Waals surface area contributed by atoms with Crippen LogP contribution in [-0.4, -0.2) is 68.6 Å². The lowest BCUT2D eigenvalue weighted by molar-refractivity contribution is -0.122. The number of imidazole rings is 1. The van der Waals surface area contributed by atoms with Gasteiger partial charge in [0, 0.05) is 56.9 Å². The molecule has 0 radical (unpaired) electrons. The van der Waals surface area contributed by atoms with Gasteiger partial charge in [0.1, 0.15) is 0 Å². The van der Waals surface area contributed by atoms with Crippen LogP contribution in [-0.2, 0) is 23.1 Å². The molecule has 28 heavy (non-hydrogen) atoms. The zero-order valence-corrected chi connectivity index (χ0v) is 17.1. The van der Waals surface area contributed by atoms with Crippen LogP contribution in [0, 0.1) is 13.8 Å². The van der Waals surface area contributed by atoms with E-state index in [0.717, 1.165) is 17.0 Å². The van der Waals surface area contributed by atoms with E-state index in [0.29, 0.717) is 26.2 Å². The molecule has 2 heterocycles. The van der Waals surface area contributed by atoms with E-state index in [-0.39, 0.29) is 18.5 Å². The van der Waals surface area contributed by atoms with Gasteiger partial charge in [0.2, 0.25) is 0 Å². The summed E-state index contributed by atoms with van der Waals surface area (Å²) >= 11 is 0. The van der Waals surface area contributed by atoms with Gasteiger partial charge < -0.3 is 24.6 Å². The van der Waals surface area contributed by atoms with Gasteiger partial charge in [-0.3, -0.25) is 9.48 Å². The molecule has 2 N–H and O–H groups in total. The Kier molecular flexibility index (Phi) is 9.72. The first kappa shape index (κ1) is 23.2. The second-order valence-corrected chi connectivity index (χ2v) is 6.34. The van der Waals surface area contributed by atoms with Crippen LogP contribution in [0.15, 0.2) is 18.7 Å². The molecule has 0 fully saturated rings. The minimum atomic E-state index is -0.250. The Balaban J connectivity index is 0.00000122. The highest BCUT2D eigenvalue weighted by molar-refractivity contribution is 5.74. The summed E-state index contributed by atoms with van der Waals surface area (Å²) in [7, 11) is 3.55. The number of methoxy groups -OCH3 is 1. The molecule has 0 saturated carbocycles. The number of ether oxygens (including phenoxy) is 1. The zero-order chi connectivity index (χ0) is 21.1. The van der Waals surface area contributed by atoms with Gasteiger partial charge in [-0.05, 0) is 20.8 Å². The third-order valence-corrected chi connectivity index (χ3v) is 4.44. The van der Waals surface area contributed by atoms with Crippen molar-refractivity contribution in [3.8, 4) is 0 Å². The average Bonchev–Trinajstić information content (AvgIpc) is 3.27. The monoisotopic (exact) mass is 394 g/mol. The van der Waals surface area contributed by atoms with Gasteiger partial charge in [-0.25, -0.2) is 9.78 Å². The molecule has 0 bridgehead atoms. The van der Waals surface area contributed by atoms with Gasteiger partial charge in [-0.1, -0.05) is 0 Å². The summed E-state index contributed by atoms with van der Waals surface area (Å²) in [6, 6.07) is 0.0317. The molecule has 1 unspecified atom stereocenters. The number of urea groups is 1. The van der Waals surface area contributed by atoms with E-state index in [4.69, 9.17) is 14.6 Å². The Morgan fingerprint density at radius 2 is 2.14 bits per heavy atom. The first-order chi connectivity index (χ1) is 13.3. The fraction of sp³-hybridized carbons (Fsp3) is 0.556. The van der Waals surface area contributed by atoms with Crippen molar-refractivity contribution in [2.24, 2.45) is 7.05 Å². The van der Waals surface area contributed by atoms with Crippen LogP contribution in [0.3, 0.4) is 0 Å². The van der Waals surface area contributed by atoms with Gasteiger partial charge in [-0.15, -0.1) is 0 Å². The zero-order valence-electron chi connectivity index (χ0n) is 17.1. The number of rotatable bonds is 8. The highest BCUT2D eigenvalue weighted by atomic mass is 16.5. The molecule has 0 aliphatic heterocycles.